The predicted molar refractivity (Wildman–Crippen MR) is 72.2 cm³/mol. The Morgan fingerprint density at radius 3 is 2.47 bits per heavy atom. The first-order chi connectivity index (χ1) is 8.85. The van der Waals surface area contributed by atoms with Gasteiger partial charge in [0.1, 0.15) is 11.4 Å². The van der Waals surface area contributed by atoms with E-state index >= 15 is 0 Å². The topological polar surface area (TPSA) is 139 Å². The highest BCUT2D eigenvalue weighted by molar-refractivity contribution is 7.88. The number of nitrogen functional groups attached to an aromatic ring is 1. The number of nitrogens with zero attached hydrogens (tertiary/aromatic N) is 1. The van der Waals surface area contributed by atoms with E-state index in [0.717, 1.165) is 6.26 Å². The van der Waals surface area contributed by atoms with Crippen LogP contribution in [0.3, 0.4) is 0 Å². The highest BCUT2D eigenvalue weighted by Crippen LogP contribution is 2.31. The van der Waals surface area contributed by atoms with Crippen molar-refractivity contribution in [1.82, 2.24) is 4.72 Å². The van der Waals surface area contributed by atoms with Gasteiger partial charge in [0.25, 0.3) is 0 Å². The molecule has 0 amide bonds. The summed E-state index contributed by atoms with van der Waals surface area (Å²) in [6.07, 6.45) is 1.04. The van der Waals surface area contributed by atoms with Crippen LogP contribution >= 0.6 is 0 Å². The molecule has 1 rings (SSSR count). The van der Waals surface area contributed by atoms with Crippen LogP contribution < -0.4 is 21.3 Å². The monoisotopic (exact) mass is 289 g/mol. The molecule has 0 saturated heterocycles. The quantitative estimate of drug-likeness (QED) is 0.237. The molecule has 0 atom stereocenters. The summed E-state index contributed by atoms with van der Waals surface area (Å²) < 4.78 is 24.0. The fourth-order valence-electron chi connectivity index (χ4n) is 1.43. The van der Waals surface area contributed by atoms with Gasteiger partial charge < -0.3 is 10.7 Å². The Bertz CT molecular complexity index is 560. The molecule has 0 fully saturated rings. The number of benzene rings is 1. The third kappa shape index (κ3) is 4.69. The van der Waals surface area contributed by atoms with Crippen molar-refractivity contribution in [2.24, 2.45) is 5.84 Å². The third-order valence-corrected chi connectivity index (χ3v) is 2.91. The minimum atomic E-state index is -3.27. The molecule has 106 valence electrons. The molecular formula is C9H15N5O4S. The van der Waals surface area contributed by atoms with Gasteiger partial charge in [-0.3, -0.25) is 16.0 Å². The van der Waals surface area contributed by atoms with Gasteiger partial charge in [-0.1, -0.05) is 6.07 Å². The van der Waals surface area contributed by atoms with Gasteiger partial charge in [-0.25, -0.2) is 13.1 Å². The minimum Gasteiger partial charge on any atom is -0.378 e. The second kappa shape index (κ2) is 6.31. The van der Waals surface area contributed by atoms with Crippen LogP contribution in [-0.4, -0.2) is 32.7 Å². The molecule has 0 aromatic heterocycles. The summed E-state index contributed by atoms with van der Waals surface area (Å²) in [4.78, 5) is 10.4. The minimum absolute atomic E-state index is 0.121. The highest BCUT2D eigenvalue weighted by Gasteiger charge is 2.18. The molecule has 0 aliphatic heterocycles. The van der Waals surface area contributed by atoms with E-state index in [-0.39, 0.29) is 30.2 Å². The van der Waals surface area contributed by atoms with Gasteiger partial charge in [-0.05, 0) is 12.1 Å². The highest BCUT2D eigenvalue weighted by atomic mass is 32.2. The van der Waals surface area contributed by atoms with Crippen molar-refractivity contribution in [3.63, 3.8) is 0 Å². The maximum absolute atomic E-state index is 11.0. The zero-order chi connectivity index (χ0) is 14.5. The number of nitro benzene ring substituents is 1. The fraction of sp³-hybridized carbons (Fsp3) is 0.333. The lowest BCUT2D eigenvalue weighted by Gasteiger charge is -2.09. The Balaban J connectivity index is 2.76. The van der Waals surface area contributed by atoms with E-state index in [4.69, 9.17) is 5.84 Å². The molecular weight excluding hydrogens is 274 g/mol. The van der Waals surface area contributed by atoms with Gasteiger partial charge in [-0.15, -0.1) is 0 Å². The first kappa shape index (κ1) is 15.1. The maximum atomic E-state index is 11.0. The zero-order valence-electron chi connectivity index (χ0n) is 10.2. The van der Waals surface area contributed by atoms with Crippen LogP contribution in [0.2, 0.25) is 0 Å². The molecule has 0 radical (unpaired) electrons. The molecule has 19 heavy (non-hydrogen) atoms. The van der Waals surface area contributed by atoms with E-state index in [9.17, 15) is 18.5 Å². The average Bonchev–Trinajstić information content (AvgIpc) is 2.32. The van der Waals surface area contributed by atoms with E-state index in [1.54, 1.807) is 6.07 Å². The number of sulfonamides is 1. The van der Waals surface area contributed by atoms with Crippen LogP contribution in [0.15, 0.2) is 18.2 Å². The summed E-state index contributed by atoms with van der Waals surface area (Å²) >= 11 is 0. The van der Waals surface area contributed by atoms with Gasteiger partial charge in [0.05, 0.1) is 11.2 Å². The Labute approximate surface area is 110 Å². The molecule has 0 heterocycles. The third-order valence-electron chi connectivity index (χ3n) is 2.18. The number of hydrazine groups is 1. The van der Waals surface area contributed by atoms with Crippen molar-refractivity contribution in [2.45, 2.75) is 0 Å². The van der Waals surface area contributed by atoms with Crippen LogP contribution in [0.1, 0.15) is 0 Å². The molecule has 0 bridgehead atoms. The van der Waals surface area contributed by atoms with Crippen LogP contribution in [0.5, 0.6) is 0 Å². The summed E-state index contributed by atoms with van der Waals surface area (Å²) in [5, 5.41) is 13.7. The first-order valence-corrected chi connectivity index (χ1v) is 7.17. The SMILES string of the molecule is CS(=O)(=O)NCCNc1cccc(NN)c1[N+](=O)[O-]. The largest absolute Gasteiger partial charge is 0.378 e. The van der Waals surface area contributed by atoms with E-state index in [1.165, 1.54) is 12.1 Å². The summed E-state index contributed by atoms with van der Waals surface area (Å²) in [5.41, 5.74) is 2.48. The van der Waals surface area contributed by atoms with Crippen molar-refractivity contribution >= 4 is 27.1 Å². The van der Waals surface area contributed by atoms with E-state index in [0.29, 0.717) is 0 Å². The van der Waals surface area contributed by atoms with Crippen LogP contribution in [0.4, 0.5) is 17.1 Å². The summed E-state index contributed by atoms with van der Waals surface area (Å²) in [6.45, 7) is 0.332. The Kier molecular flexibility index (Phi) is 5.03. The van der Waals surface area contributed by atoms with Gasteiger partial charge in [0.15, 0.2) is 0 Å². The van der Waals surface area contributed by atoms with Gasteiger partial charge in [0, 0.05) is 13.1 Å². The number of hydrogen-bond donors (Lipinski definition) is 4. The Hall–Kier alpha value is -1.91. The summed E-state index contributed by atoms with van der Waals surface area (Å²) in [7, 11) is -3.27. The van der Waals surface area contributed by atoms with E-state index in [2.05, 4.69) is 15.5 Å². The average molecular weight is 289 g/mol. The molecule has 0 unspecified atom stereocenters. The number of para-hydroxylation sites is 1. The predicted octanol–water partition coefficient (Wildman–Crippen LogP) is -0.158. The molecule has 10 heteroatoms. The van der Waals surface area contributed by atoms with Crippen LogP contribution in [0.25, 0.3) is 0 Å². The zero-order valence-corrected chi connectivity index (χ0v) is 11.0. The van der Waals surface area contributed by atoms with Gasteiger partial charge in [-0.2, -0.15) is 0 Å². The lowest BCUT2D eigenvalue weighted by atomic mass is 10.2. The molecule has 0 aliphatic carbocycles. The lowest BCUT2D eigenvalue weighted by Crippen LogP contribution is -2.27. The van der Waals surface area contributed by atoms with Crippen LogP contribution in [-0.2, 0) is 10.0 Å². The number of nitrogens with two attached hydrogens (primary N) is 1. The Morgan fingerprint density at radius 2 is 1.95 bits per heavy atom. The van der Waals surface area contributed by atoms with Crippen molar-refractivity contribution in [3.05, 3.63) is 28.3 Å². The number of nitro groups is 1. The number of nitrogens with one attached hydrogen (secondary N) is 3. The lowest BCUT2D eigenvalue weighted by molar-refractivity contribution is -0.383. The number of rotatable bonds is 7. The number of hydrogen-bond acceptors (Lipinski definition) is 7. The maximum Gasteiger partial charge on any atom is 0.316 e. The Morgan fingerprint density at radius 1 is 1.32 bits per heavy atom. The van der Waals surface area contributed by atoms with Crippen molar-refractivity contribution in [3.8, 4) is 0 Å². The standard InChI is InChI=1S/C9H15N5O4S/c1-19(17,18)12-6-5-11-7-3-2-4-8(13-10)9(7)14(15)16/h2-4,11-13H,5-6,10H2,1H3. The van der Waals surface area contributed by atoms with Crippen LogP contribution in [0, 0.1) is 10.1 Å². The van der Waals surface area contributed by atoms with Crippen molar-refractivity contribution in [2.75, 3.05) is 30.1 Å². The molecule has 1 aromatic rings. The molecule has 0 aliphatic rings. The molecule has 9 nitrogen and oxygen atoms in total. The first-order valence-electron chi connectivity index (χ1n) is 5.27. The smallest absolute Gasteiger partial charge is 0.316 e. The van der Waals surface area contributed by atoms with E-state index < -0.39 is 14.9 Å². The second-order valence-electron chi connectivity index (χ2n) is 3.70. The van der Waals surface area contributed by atoms with Gasteiger partial charge in [0.2, 0.25) is 10.0 Å². The van der Waals surface area contributed by atoms with Crippen molar-refractivity contribution < 1.29 is 13.3 Å². The number of anilines is 2. The fourth-order valence-corrected chi connectivity index (χ4v) is 1.91. The summed E-state index contributed by atoms with van der Waals surface area (Å²) in [6, 6.07) is 4.58. The molecule has 1 aromatic carbocycles. The van der Waals surface area contributed by atoms with Gasteiger partial charge >= 0.3 is 5.69 Å². The summed E-state index contributed by atoms with van der Waals surface area (Å²) in [5.74, 6) is 5.20. The second-order valence-corrected chi connectivity index (χ2v) is 5.53. The van der Waals surface area contributed by atoms with E-state index in [1.807, 2.05) is 0 Å². The molecule has 0 spiro atoms. The van der Waals surface area contributed by atoms with Crippen molar-refractivity contribution in [1.29, 1.82) is 0 Å². The normalized spacial score (nSPS) is 11.1. The molecule has 5 N–H and O–H groups in total. The molecule has 0 saturated carbocycles.